The number of nitrogens with one attached hydrogen (secondary N) is 1. The number of aromatic nitrogens is 3. The fraction of sp³-hybridized carbons (Fsp3) is 0.250. The largest absolute Gasteiger partial charge is 0.490 e. The molecule has 0 aliphatic carbocycles. The molecule has 3 aromatic rings. The third kappa shape index (κ3) is 7.44. The molecular formula is C24H21F4N5O5. The van der Waals surface area contributed by atoms with Gasteiger partial charge >= 0.3 is 12.1 Å². The van der Waals surface area contributed by atoms with Crippen molar-refractivity contribution in [2.24, 2.45) is 12.2 Å². The van der Waals surface area contributed by atoms with Crippen LogP contribution in [0, 0.1) is 12.7 Å². The molecule has 0 spiro atoms. The molecule has 0 radical (unpaired) electrons. The first-order chi connectivity index (χ1) is 17.8. The zero-order valence-corrected chi connectivity index (χ0v) is 20.0. The topological polar surface area (TPSA) is 136 Å². The van der Waals surface area contributed by atoms with Gasteiger partial charge in [-0.25, -0.2) is 19.2 Å². The van der Waals surface area contributed by atoms with Crippen molar-refractivity contribution in [2.45, 2.75) is 32.2 Å². The molecule has 4 rings (SSSR count). The fourth-order valence-electron chi connectivity index (χ4n) is 3.22. The number of benzene rings is 1. The number of nitrogens with zero attached hydrogens (tertiary/aromatic N) is 4. The molecule has 0 saturated heterocycles. The van der Waals surface area contributed by atoms with Crippen LogP contribution in [0.2, 0.25) is 0 Å². The number of rotatable bonds is 5. The summed E-state index contributed by atoms with van der Waals surface area (Å²) in [6.07, 6.45) is -3.26. The minimum atomic E-state index is -5.08. The molecule has 200 valence electrons. The Bertz CT molecular complexity index is 1420. The summed E-state index contributed by atoms with van der Waals surface area (Å²) in [6.45, 7) is 1.94. The predicted molar refractivity (Wildman–Crippen MR) is 125 cm³/mol. The van der Waals surface area contributed by atoms with Crippen molar-refractivity contribution in [1.82, 2.24) is 19.9 Å². The van der Waals surface area contributed by atoms with Gasteiger partial charge in [0.25, 0.3) is 5.91 Å². The van der Waals surface area contributed by atoms with Gasteiger partial charge in [-0.3, -0.25) is 9.59 Å². The third-order valence-electron chi connectivity index (χ3n) is 5.12. The standard InChI is InChI=1S/C22H20FN5O3.C2HF3O2/c1-13-25-17(18-10-20(31-27-18)15-5-8-21(29)28(2)12-15)9-19(26-13)22(30)24-11-14-3-6-16(23)7-4-14;3-2(4,5)1(6)7/h3-9,12,20H,10-11H2,1-2H3,(H,24,30);(H,6,7). The van der Waals surface area contributed by atoms with E-state index in [-0.39, 0.29) is 35.6 Å². The lowest BCUT2D eigenvalue weighted by atomic mass is 10.0. The van der Waals surface area contributed by atoms with E-state index in [9.17, 15) is 27.2 Å². The normalized spacial score (nSPS) is 14.6. The molecular weight excluding hydrogens is 514 g/mol. The van der Waals surface area contributed by atoms with Gasteiger partial charge in [-0.15, -0.1) is 0 Å². The zero-order valence-electron chi connectivity index (χ0n) is 20.0. The summed E-state index contributed by atoms with van der Waals surface area (Å²) in [7, 11) is 1.67. The van der Waals surface area contributed by atoms with Crippen molar-refractivity contribution in [3.05, 3.63) is 93.2 Å². The number of hydrogen-bond acceptors (Lipinski definition) is 7. The quantitative estimate of drug-likeness (QED) is 0.480. The van der Waals surface area contributed by atoms with Crippen molar-refractivity contribution in [1.29, 1.82) is 0 Å². The number of carbonyl (C=O) groups is 2. The number of amides is 1. The number of hydrogen-bond donors (Lipinski definition) is 2. The van der Waals surface area contributed by atoms with Crippen molar-refractivity contribution >= 4 is 17.6 Å². The lowest BCUT2D eigenvalue weighted by molar-refractivity contribution is -0.192. The Morgan fingerprint density at radius 3 is 2.42 bits per heavy atom. The van der Waals surface area contributed by atoms with Gasteiger partial charge in [0.2, 0.25) is 5.56 Å². The first-order valence-corrected chi connectivity index (χ1v) is 10.9. The van der Waals surface area contributed by atoms with Crippen LogP contribution in [0.3, 0.4) is 0 Å². The van der Waals surface area contributed by atoms with Crippen molar-refractivity contribution in [3.63, 3.8) is 0 Å². The summed E-state index contributed by atoms with van der Waals surface area (Å²) >= 11 is 0. The minimum Gasteiger partial charge on any atom is -0.475 e. The first kappa shape index (κ1) is 28.0. The van der Waals surface area contributed by atoms with Crippen molar-refractivity contribution < 1.29 is 37.1 Å². The van der Waals surface area contributed by atoms with E-state index >= 15 is 0 Å². The average Bonchev–Trinajstić information content (AvgIpc) is 3.35. The Hall–Kier alpha value is -4.62. The van der Waals surface area contributed by atoms with Crippen LogP contribution in [0.15, 0.2) is 58.6 Å². The van der Waals surface area contributed by atoms with Crippen LogP contribution in [0.25, 0.3) is 0 Å². The van der Waals surface area contributed by atoms with E-state index in [1.54, 1.807) is 44.4 Å². The van der Waals surface area contributed by atoms with Gasteiger partial charge in [-0.2, -0.15) is 13.2 Å². The van der Waals surface area contributed by atoms with Crippen LogP contribution >= 0.6 is 0 Å². The highest BCUT2D eigenvalue weighted by atomic mass is 19.4. The molecule has 1 aliphatic rings. The summed E-state index contributed by atoms with van der Waals surface area (Å²) in [6, 6.07) is 10.7. The minimum absolute atomic E-state index is 0.106. The summed E-state index contributed by atoms with van der Waals surface area (Å²) in [5.41, 5.74) is 2.80. The van der Waals surface area contributed by atoms with Gasteiger partial charge in [-0.1, -0.05) is 17.3 Å². The van der Waals surface area contributed by atoms with Gasteiger partial charge in [-0.05, 0) is 36.8 Å². The highest BCUT2D eigenvalue weighted by Crippen LogP contribution is 2.28. The number of carboxylic acids is 1. The van der Waals surface area contributed by atoms with Gasteiger partial charge in [0.15, 0.2) is 6.10 Å². The Labute approximate surface area is 212 Å². The Balaban J connectivity index is 0.000000505. The second-order valence-electron chi connectivity index (χ2n) is 8.05. The van der Waals surface area contributed by atoms with E-state index in [1.165, 1.54) is 22.8 Å². The molecule has 1 amide bonds. The second-order valence-corrected chi connectivity index (χ2v) is 8.05. The SMILES string of the molecule is Cc1nc(C(=O)NCc2ccc(F)cc2)cc(C2=NOC(c3ccc(=O)n(C)c3)C2)n1.O=C(O)C(F)(F)F. The van der Waals surface area contributed by atoms with Crippen LogP contribution in [0.5, 0.6) is 0 Å². The van der Waals surface area contributed by atoms with E-state index in [4.69, 9.17) is 14.7 Å². The molecule has 0 fully saturated rings. The lowest BCUT2D eigenvalue weighted by Gasteiger charge is -2.09. The lowest BCUT2D eigenvalue weighted by Crippen LogP contribution is -2.25. The highest BCUT2D eigenvalue weighted by molar-refractivity contribution is 6.02. The Kier molecular flexibility index (Phi) is 8.55. The van der Waals surface area contributed by atoms with Crippen LogP contribution in [0.4, 0.5) is 17.6 Å². The molecule has 10 nitrogen and oxygen atoms in total. The number of pyridine rings is 1. The molecule has 1 unspecified atom stereocenters. The average molecular weight is 535 g/mol. The van der Waals surface area contributed by atoms with Crippen LogP contribution in [-0.4, -0.2) is 43.4 Å². The Morgan fingerprint density at radius 1 is 1.16 bits per heavy atom. The molecule has 0 saturated carbocycles. The van der Waals surface area contributed by atoms with Crippen LogP contribution < -0.4 is 10.9 Å². The van der Waals surface area contributed by atoms with E-state index in [2.05, 4.69) is 20.4 Å². The number of carboxylic acid groups (broad SMARTS) is 1. The molecule has 2 N–H and O–H groups in total. The van der Waals surface area contributed by atoms with Gasteiger partial charge < -0.3 is 19.8 Å². The van der Waals surface area contributed by atoms with E-state index in [1.807, 2.05) is 0 Å². The van der Waals surface area contributed by atoms with Gasteiger partial charge in [0.1, 0.15) is 23.0 Å². The monoisotopic (exact) mass is 535 g/mol. The van der Waals surface area contributed by atoms with Crippen LogP contribution in [0.1, 0.15) is 45.7 Å². The second kappa shape index (κ2) is 11.6. The van der Waals surface area contributed by atoms with Crippen LogP contribution in [-0.2, 0) is 23.2 Å². The van der Waals surface area contributed by atoms with Crippen molar-refractivity contribution in [3.8, 4) is 0 Å². The molecule has 38 heavy (non-hydrogen) atoms. The number of aryl methyl sites for hydroxylation is 2. The molecule has 0 bridgehead atoms. The Morgan fingerprint density at radius 2 is 1.82 bits per heavy atom. The third-order valence-corrected chi connectivity index (χ3v) is 5.12. The van der Waals surface area contributed by atoms with Gasteiger partial charge in [0, 0.05) is 37.8 Å². The van der Waals surface area contributed by atoms with E-state index in [0.717, 1.165) is 11.1 Å². The molecule has 3 heterocycles. The maximum Gasteiger partial charge on any atom is 0.490 e. The molecule has 1 aromatic carbocycles. The summed E-state index contributed by atoms with van der Waals surface area (Å²) in [5, 5.41) is 14.0. The number of carbonyl (C=O) groups excluding carboxylic acids is 1. The van der Waals surface area contributed by atoms with Gasteiger partial charge in [0.05, 0.1) is 5.69 Å². The molecule has 2 aromatic heterocycles. The zero-order chi connectivity index (χ0) is 28.0. The number of aliphatic carboxylic acids is 1. The summed E-state index contributed by atoms with van der Waals surface area (Å²) < 4.78 is 46.2. The summed E-state index contributed by atoms with van der Waals surface area (Å²) in [5.74, 6) is -3.03. The van der Waals surface area contributed by atoms with E-state index < -0.39 is 12.1 Å². The number of halogens is 4. The smallest absolute Gasteiger partial charge is 0.475 e. The fourth-order valence-corrected chi connectivity index (χ4v) is 3.22. The molecule has 14 heteroatoms. The molecule has 1 aliphatic heterocycles. The summed E-state index contributed by atoms with van der Waals surface area (Å²) in [4.78, 5) is 47.2. The predicted octanol–water partition coefficient (Wildman–Crippen LogP) is 3.05. The molecule has 1 atom stereocenters. The first-order valence-electron chi connectivity index (χ1n) is 10.9. The van der Waals surface area contributed by atoms with Crippen molar-refractivity contribution in [2.75, 3.05) is 0 Å². The number of alkyl halides is 3. The highest BCUT2D eigenvalue weighted by Gasteiger charge is 2.38. The number of oxime groups is 1. The maximum atomic E-state index is 13.0. The van der Waals surface area contributed by atoms with E-state index in [0.29, 0.717) is 23.7 Å². The maximum absolute atomic E-state index is 13.0.